The predicted octanol–water partition coefficient (Wildman–Crippen LogP) is 3.25. The summed E-state index contributed by atoms with van der Waals surface area (Å²) in [7, 11) is -1.01. The summed E-state index contributed by atoms with van der Waals surface area (Å²) in [5.41, 5.74) is 2.09. The van der Waals surface area contributed by atoms with Crippen LogP contribution in [0.1, 0.15) is 43.7 Å². The first-order chi connectivity index (χ1) is 17.5. The Kier molecular flexibility index (Phi) is 9.42. The number of aryl methyl sites for hydroxylation is 1. The number of sulfonamides is 1. The molecule has 0 aliphatic heterocycles. The lowest BCUT2D eigenvalue weighted by molar-refractivity contribution is -0.139. The molecular formula is C27H37N3O6S. The summed E-state index contributed by atoms with van der Waals surface area (Å²) < 4.78 is 37.4. The molecule has 10 heteroatoms. The lowest BCUT2D eigenvalue weighted by Gasteiger charge is -2.32. The Balaban J connectivity index is 1.93. The largest absolute Gasteiger partial charge is 0.497 e. The van der Waals surface area contributed by atoms with Gasteiger partial charge in [-0.3, -0.25) is 13.9 Å². The molecule has 0 bridgehead atoms. The molecule has 2 amide bonds. The minimum atomic E-state index is -3.90. The molecule has 202 valence electrons. The van der Waals surface area contributed by atoms with Crippen LogP contribution in [0.15, 0.2) is 42.5 Å². The van der Waals surface area contributed by atoms with Crippen LogP contribution in [-0.4, -0.2) is 64.2 Å². The molecule has 2 aromatic rings. The highest BCUT2D eigenvalue weighted by Gasteiger charge is 2.32. The zero-order valence-electron chi connectivity index (χ0n) is 22.2. The van der Waals surface area contributed by atoms with Gasteiger partial charge in [0.1, 0.15) is 24.1 Å². The van der Waals surface area contributed by atoms with Crippen molar-refractivity contribution in [3.63, 3.8) is 0 Å². The smallest absolute Gasteiger partial charge is 0.244 e. The molecule has 0 heterocycles. The predicted molar refractivity (Wildman–Crippen MR) is 143 cm³/mol. The van der Waals surface area contributed by atoms with E-state index in [0.717, 1.165) is 47.4 Å². The molecule has 1 N–H and O–H groups in total. The SMILES string of the molecule is COc1ccc(OC)c(N(CC(=O)N(Cc2ccc(C)cc2)[C@H](C)C(=O)NC2CCCC2)S(C)(=O)=O)c1. The van der Waals surface area contributed by atoms with Crippen molar-refractivity contribution in [3.05, 3.63) is 53.6 Å². The van der Waals surface area contributed by atoms with Crippen LogP contribution in [0.5, 0.6) is 11.5 Å². The Morgan fingerprint density at radius 3 is 2.27 bits per heavy atom. The number of carbonyl (C=O) groups is 2. The number of hydrogen-bond donors (Lipinski definition) is 1. The van der Waals surface area contributed by atoms with E-state index in [4.69, 9.17) is 9.47 Å². The summed E-state index contributed by atoms with van der Waals surface area (Å²) in [6, 6.07) is 11.7. The third kappa shape index (κ3) is 7.38. The van der Waals surface area contributed by atoms with E-state index in [-0.39, 0.29) is 29.9 Å². The van der Waals surface area contributed by atoms with Crippen LogP contribution in [0.25, 0.3) is 0 Å². The van der Waals surface area contributed by atoms with Gasteiger partial charge in [0.05, 0.1) is 26.2 Å². The van der Waals surface area contributed by atoms with Gasteiger partial charge in [0.25, 0.3) is 0 Å². The number of anilines is 1. The van der Waals surface area contributed by atoms with Crippen LogP contribution in [0.2, 0.25) is 0 Å². The maximum atomic E-state index is 13.7. The maximum Gasteiger partial charge on any atom is 0.244 e. The van der Waals surface area contributed by atoms with Gasteiger partial charge >= 0.3 is 0 Å². The minimum absolute atomic E-state index is 0.0971. The Bertz CT molecular complexity index is 1190. The van der Waals surface area contributed by atoms with Gasteiger partial charge in [-0.2, -0.15) is 0 Å². The van der Waals surface area contributed by atoms with Crippen molar-refractivity contribution in [2.75, 3.05) is 31.3 Å². The number of nitrogens with zero attached hydrogens (tertiary/aromatic N) is 2. The molecule has 0 radical (unpaired) electrons. The van der Waals surface area contributed by atoms with Gasteiger partial charge in [-0.15, -0.1) is 0 Å². The summed E-state index contributed by atoms with van der Waals surface area (Å²) in [5.74, 6) is -0.0731. The Morgan fingerprint density at radius 2 is 1.70 bits per heavy atom. The summed E-state index contributed by atoms with van der Waals surface area (Å²) in [4.78, 5) is 28.3. The fraction of sp³-hybridized carbons (Fsp3) is 0.481. The van der Waals surface area contributed by atoms with E-state index in [1.54, 1.807) is 19.1 Å². The number of methoxy groups -OCH3 is 2. The first-order valence-corrected chi connectivity index (χ1v) is 14.2. The van der Waals surface area contributed by atoms with Gasteiger partial charge in [0.15, 0.2) is 0 Å². The average molecular weight is 532 g/mol. The number of nitrogens with one attached hydrogen (secondary N) is 1. The first kappa shape index (κ1) is 28.3. The molecule has 9 nitrogen and oxygen atoms in total. The molecule has 1 fully saturated rings. The molecule has 37 heavy (non-hydrogen) atoms. The molecule has 0 aromatic heterocycles. The van der Waals surface area contributed by atoms with E-state index in [2.05, 4.69) is 5.32 Å². The van der Waals surface area contributed by atoms with Crippen molar-refractivity contribution in [2.24, 2.45) is 0 Å². The summed E-state index contributed by atoms with van der Waals surface area (Å²) in [5, 5.41) is 3.06. The number of hydrogen-bond acceptors (Lipinski definition) is 6. The number of rotatable bonds is 11. The lowest BCUT2D eigenvalue weighted by atomic mass is 10.1. The summed E-state index contributed by atoms with van der Waals surface area (Å²) in [6.45, 7) is 3.30. The van der Waals surface area contributed by atoms with Crippen molar-refractivity contribution >= 4 is 27.5 Å². The number of amides is 2. The van der Waals surface area contributed by atoms with Crippen molar-refractivity contribution in [2.45, 2.75) is 58.2 Å². The number of benzene rings is 2. The molecule has 1 aliphatic rings. The molecule has 1 aliphatic carbocycles. The summed E-state index contributed by atoms with van der Waals surface area (Å²) in [6.07, 6.45) is 5.00. The zero-order chi connectivity index (χ0) is 27.2. The van der Waals surface area contributed by atoms with Crippen LogP contribution < -0.4 is 19.1 Å². The van der Waals surface area contributed by atoms with E-state index in [1.807, 2.05) is 31.2 Å². The number of ether oxygens (including phenoxy) is 2. The average Bonchev–Trinajstić information content (AvgIpc) is 3.38. The van der Waals surface area contributed by atoms with E-state index >= 15 is 0 Å². The number of carbonyl (C=O) groups excluding carboxylic acids is 2. The third-order valence-corrected chi connectivity index (χ3v) is 7.80. The molecule has 0 saturated heterocycles. The van der Waals surface area contributed by atoms with Gasteiger partial charge in [-0.05, 0) is 44.4 Å². The standard InChI is InChI=1S/C27H37N3O6S/c1-19-10-12-21(13-11-19)17-29(20(2)27(32)28-22-8-6-7-9-22)26(31)18-30(37(5,33)34)24-16-23(35-3)14-15-25(24)36-4/h10-16,20,22H,6-9,17-18H2,1-5H3,(H,28,32)/t20-/m1/s1. The normalized spacial score (nSPS) is 14.6. The topological polar surface area (TPSA) is 105 Å². The fourth-order valence-corrected chi connectivity index (χ4v) is 5.30. The second-order valence-corrected chi connectivity index (χ2v) is 11.4. The highest BCUT2D eigenvalue weighted by atomic mass is 32.2. The second kappa shape index (κ2) is 12.3. The highest BCUT2D eigenvalue weighted by molar-refractivity contribution is 7.92. The monoisotopic (exact) mass is 531 g/mol. The molecule has 1 saturated carbocycles. The van der Waals surface area contributed by atoms with Gasteiger partial charge in [0.2, 0.25) is 21.8 Å². The van der Waals surface area contributed by atoms with Crippen molar-refractivity contribution in [1.29, 1.82) is 0 Å². The van der Waals surface area contributed by atoms with Crippen molar-refractivity contribution in [3.8, 4) is 11.5 Å². The Hall–Kier alpha value is -3.27. The van der Waals surface area contributed by atoms with Gasteiger partial charge in [-0.1, -0.05) is 42.7 Å². The van der Waals surface area contributed by atoms with Crippen LogP contribution in [0, 0.1) is 6.92 Å². The van der Waals surface area contributed by atoms with Crippen LogP contribution >= 0.6 is 0 Å². The van der Waals surface area contributed by atoms with E-state index in [1.165, 1.54) is 25.2 Å². The molecular weight excluding hydrogens is 494 g/mol. The molecule has 0 spiro atoms. The molecule has 1 atom stereocenters. The Morgan fingerprint density at radius 1 is 1.05 bits per heavy atom. The first-order valence-electron chi connectivity index (χ1n) is 12.4. The third-order valence-electron chi connectivity index (χ3n) is 6.68. The highest BCUT2D eigenvalue weighted by Crippen LogP contribution is 2.34. The van der Waals surface area contributed by atoms with Gasteiger partial charge in [0, 0.05) is 18.7 Å². The van der Waals surface area contributed by atoms with E-state index in [9.17, 15) is 18.0 Å². The molecule has 2 aromatic carbocycles. The van der Waals surface area contributed by atoms with Crippen LogP contribution in [0.3, 0.4) is 0 Å². The summed E-state index contributed by atoms with van der Waals surface area (Å²) >= 11 is 0. The zero-order valence-corrected chi connectivity index (χ0v) is 23.0. The van der Waals surface area contributed by atoms with Gasteiger partial charge < -0.3 is 19.7 Å². The van der Waals surface area contributed by atoms with Crippen LogP contribution in [-0.2, 0) is 26.2 Å². The van der Waals surface area contributed by atoms with Crippen LogP contribution in [0.4, 0.5) is 5.69 Å². The minimum Gasteiger partial charge on any atom is -0.497 e. The second-order valence-electron chi connectivity index (χ2n) is 9.48. The van der Waals surface area contributed by atoms with E-state index in [0.29, 0.717) is 5.75 Å². The van der Waals surface area contributed by atoms with Crippen molar-refractivity contribution < 1.29 is 27.5 Å². The Labute approximate surface area is 219 Å². The van der Waals surface area contributed by atoms with Crippen molar-refractivity contribution in [1.82, 2.24) is 10.2 Å². The van der Waals surface area contributed by atoms with Gasteiger partial charge in [-0.25, -0.2) is 8.42 Å². The molecule has 3 rings (SSSR count). The maximum absolute atomic E-state index is 13.7. The van der Waals surface area contributed by atoms with E-state index < -0.39 is 28.5 Å². The molecule has 0 unspecified atom stereocenters. The quantitative estimate of drug-likeness (QED) is 0.477. The fourth-order valence-electron chi connectivity index (χ4n) is 4.45. The lowest BCUT2D eigenvalue weighted by Crippen LogP contribution is -2.52.